The van der Waals surface area contributed by atoms with E-state index in [9.17, 15) is 14.9 Å². The third-order valence-electron chi connectivity index (χ3n) is 2.08. The first kappa shape index (κ1) is 13.8. The maximum absolute atomic E-state index is 11.4. The summed E-state index contributed by atoms with van der Waals surface area (Å²) in [5.41, 5.74) is 0.0369. The predicted octanol–water partition coefficient (Wildman–Crippen LogP) is 0.835. The molecule has 0 aromatic carbocycles. The molecule has 0 aliphatic heterocycles. The summed E-state index contributed by atoms with van der Waals surface area (Å²) in [6.45, 7) is 0.784. The van der Waals surface area contributed by atoms with Crippen LogP contribution in [0.25, 0.3) is 0 Å². The fourth-order valence-electron chi connectivity index (χ4n) is 1.24. The fraction of sp³-hybridized carbons (Fsp3) is 0.400. The average molecular weight is 255 g/mol. The van der Waals surface area contributed by atoms with E-state index < -0.39 is 10.9 Å². The van der Waals surface area contributed by atoms with Crippen LogP contribution in [0.4, 0.5) is 11.4 Å². The molecule has 0 saturated heterocycles. The number of anilines is 1. The first-order valence-corrected chi connectivity index (χ1v) is 5.05. The van der Waals surface area contributed by atoms with Crippen molar-refractivity contribution in [2.45, 2.75) is 0 Å². The number of nitrogens with zero attached hydrogens (tertiary/aromatic N) is 2. The van der Waals surface area contributed by atoms with Gasteiger partial charge in [-0.15, -0.1) is 0 Å². The van der Waals surface area contributed by atoms with E-state index in [2.05, 4.69) is 15.0 Å². The molecule has 0 amide bonds. The van der Waals surface area contributed by atoms with Crippen molar-refractivity contribution < 1.29 is 19.2 Å². The highest BCUT2D eigenvalue weighted by Gasteiger charge is 2.17. The lowest BCUT2D eigenvalue weighted by atomic mass is 10.2. The summed E-state index contributed by atoms with van der Waals surface area (Å²) in [4.78, 5) is 25.2. The second-order valence-corrected chi connectivity index (χ2v) is 3.26. The SMILES string of the molecule is COCCNc1cc([N+](=O)[O-])cnc1C(=O)OC. The molecule has 18 heavy (non-hydrogen) atoms. The quantitative estimate of drug-likeness (QED) is 0.347. The van der Waals surface area contributed by atoms with Crippen LogP contribution in [0.5, 0.6) is 0 Å². The van der Waals surface area contributed by atoms with Gasteiger partial charge in [0.15, 0.2) is 5.69 Å². The summed E-state index contributed by atoms with van der Waals surface area (Å²) in [7, 11) is 2.74. The monoisotopic (exact) mass is 255 g/mol. The van der Waals surface area contributed by atoms with Gasteiger partial charge in [0.05, 0.1) is 24.3 Å². The van der Waals surface area contributed by atoms with Gasteiger partial charge in [0.25, 0.3) is 5.69 Å². The van der Waals surface area contributed by atoms with Crippen molar-refractivity contribution in [1.29, 1.82) is 0 Å². The number of nitrogens with one attached hydrogen (secondary N) is 1. The molecular formula is C10H13N3O5. The lowest BCUT2D eigenvalue weighted by Gasteiger charge is -2.09. The molecule has 0 spiro atoms. The van der Waals surface area contributed by atoms with Crippen LogP contribution in [-0.2, 0) is 9.47 Å². The summed E-state index contributed by atoms with van der Waals surface area (Å²) >= 11 is 0. The van der Waals surface area contributed by atoms with E-state index in [0.29, 0.717) is 13.2 Å². The van der Waals surface area contributed by atoms with Crippen molar-refractivity contribution in [3.8, 4) is 0 Å². The molecule has 8 heteroatoms. The highest BCUT2D eigenvalue weighted by molar-refractivity contribution is 5.93. The largest absolute Gasteiger partial charge is 0.464 e. The summed E-state index contributed by atoms with van der Waals surface area (Å²) in [6.07, 6.45) is 1.01. The molecule has 1 N–H and O–H groups in total. The van der Waals surface area contributed by atoms with Gasteiger partial charge in [-0.25, -0.2) is 9.78 Å². The standard InChI is InChI=1S/C10H13N3O5/c1-17-4-3-11-8-5-7(13(15)16)6-12-9(8)10(14)18-2/h5-6,11H,3-4H2,1-2H3. The summed E-state index contributed by atoms with van der Waals surface area (Å²) in [5.74, 6) is -0.662. The van der Waals surface area contributed by atoms with E-state index in [0.717, 1.165) is 6.20 Å². The van der Waals surface area contributed by atoms with Crippen LogP contribution in [0.3, 0.4) is 0 Å². The molecule has 0 atom stereocenters. The first-order valence-electron chi connectivity index (χ1n) is 5.05. The Morgan fingerprint density at radius 3 is 2.83 bits per heavy atom. The number of carbonyl (C=O) groups excluding carboxylic acids is 1. The molecule has 98 valence electrons. The molecule has 0 fully saturated rings. The molecular weight excluding hydrogens is 242 g/mol. The molecule has 0 aliphatic carbocycles. The van der Waals surface area contributed by atoms with Crippen LogP contribution >= 0.6 is 0 Å². The van der Waals surface area contributed by atoms with Crippen molar-refractivity contribution in [3.05, 3.63) is 28.1 Å². The third kappa shape index (κ3) is 3.39. The van der Waals surface area contributed by atoms with E-state index in [1.165, 1.54) is 20.3 Å². The lowest BCUT2D eigenvalue weighted by molar-refractivity contribution is -0.385. The van der Waals surface area contributed by atoms with Crippen molar-refractivity contribution >= 4 is 17.3 Å². The molecule has 0 saturated carbocycles. The first-order chi connectivity index (χ1) is 8.60. The molecule has 0 bridgehead atoms. The second kappa shape index (κ2) is 6.50. The van der Waals surface area contributed by atoms with Gasteiger partial charge >= 0.3 is 5.97 Å². The number of hydrogen-bond donors (Lipinski definition) is 1. The molecule has 8 nitrogen and oxygen atoms in total. The van der Waals surface area contributed by atoms with Crippen molar-refractivity contribution in [3.63, 3.8) is 0 Å². The second-order valence-electron chi connectivity index (χ2n) is 3.26. The zero-order valence-corrected chi connectivity index (χ0v) is 10.0. The summed E-state index contributed by atoms with van der Waals surface area (Å²) < 4.78 is 9.38. The minimum atomic E-state index is -0.662. The van der Waals surface area contributed by atoms with Crippen LogP contribution in [0.1, 0.15) is 10.5 Å². The van der Waals surface area contributed by atoms with Crippen LogP contribution < -0.4 is 5.32 Å². The normalized spacial score (nSPS) is 9.89. The van der Waals surface area contributed by atoms with Gasteiger partial charge in [0.1, 0.15) is 6.20 Å². The van der Waals surface area contributed by atoms with Gasteiger partial charge in [-0.3, -0.25) is 10.1 Å². The van der Waals surface area contributed by atoms with Gasteiger partial charge in [-0.2, -0.15) is 0 Å². The van der Waals surface area contributed by atoms with Crippen molar-refractivity contribution in [2.24, 2.45) is 0 Å². The predicted molar refractivity (Wildman–Crippen MR) is 62.6 cm³/mol. The Kier molecular flexibility index (Phi) is 5.00. The highest BCUT2D eigenvalue weighted by Crippen LogP contribution is 2.20. The Bertz CT molecular complexity index is 449. The van der Waals surface area contributed by atoms with Crippen LogP contribution in [-0.4, -0.2) is 43.2 Å². The number of aromatic nitrogens is 1. The number of pyridine rings is 1. The van der Waals surface area contributed by atoms with Gasteiger partial charge in [0, 0.05) is 19.7 Å². The molecule has 1 rings (SSSR count). The minimum Gasteiger partial charge on any atom is -0.464 e. The van der Waals surface area contributed by atoms with Gasteiger partial charge in [0.2, 0.25) is 0 Å². The molecule has 1 aromatic heterocycles. The Morgan fingerprint density at radius 1 is 1.56 bits per heavy atom. The third-order valence-corrected chi connectivity index (χ3v) is 2.08. The van der Waals surface area contributed by atoms with Crippen LogP contribution in [0.2, 0.25) is 0 Å². The van der Waals surface area contributed by atoms with E-state index in [1.54, 1.807) is 0 Å². The Hall–Kier alpha value is -2.22. The smallest absolute Gasteiger partial charge is 0.358 e. The number of hydrogen-bond acceptors (Lipinski definition) is 7. The minimum absolute atomic E-state index is 0.000738. The number of ether oxygens (including phenoxy) is 2. The fourth-order valence-corrected chi connectivity index (χ4v) is 1.24. The number of methoxy groups -OCH3 is 2. The number of nitro groups is 1. The van der Waals surface area contributed by atoms with E-state index in [1.807, 2.05) is 0 Å². The lowest BCUT2D eigenvalue weighted by Crippen LogP contribution is -2.14. The van der Waals surface area contributed by atoms with Gasteiger partial charge < -0.3 is 14.8 Å². The number of esters is 1. The summed E-state index contributed by atoms with van der Waals surface area (Å²) in [6, 6.07) is 1.23. The molecule has 0 radical (unpaired) electrons. The van der Waals surface area contributed by atoms with Crippen molar-refractivity contribution in [2.75, 3.05) is 32.7 Å². The number of rotatable bonds is 6. The van der Waals surface area contributed by atoms with Crippen LogP contribution in [0, 0.1) is 10.1 Å². The Morgan fingerprint density at radius 2 is 2.28 bits per heavy atom. The maximum Gasteiger partial charge on any atom is 0.358 e. The molecule has 0 aliphatic rings. The zero-order chi connectivity index (χ0) is 13.5. The Labute approximate surface area is 103 Å². The van der Waals surface area contributed by atoms with Crippen molar-refractivity contribution in [1.82, 2.24) is 4.98 Å². The van der Waals surface area contributed by atoms with E-state index >= 15 is 0 Å². The highest BCUT2D eigenvalue weighted by atomic mass is 16.6. The maximum atomic E-state index is 11.4. The topological polar surface area (TPSA) is 104 Å². The van der Waals surface area contributed by atoms with E-state index in [-0.39, 0.29) is 17.1 Å². The molecule has 0 unspecified atom stereocenters. The summed E-state index contributed by atoms with van der Waals surface area (Å²) in [5, 5.41) is 13.5. The molecule has 1 heterocycles. The van der Waals surface area contributed by atoms with Crippen LogP contribution in [0.15, 0.2) is 12.3 Å². The number of carbonyl (C=O) groups is 1. The average Bonchev–Trinajstić information content (AvgIpc) is 2.38. The zero-order valence-electron chi connectivity index (χ0n) is 10.0. The van der Waals surface area contributed by atoms with E-state index in [4.69, 9.17) is 4.74 Å². The van der Waals surface area contributed by atoms with Gasteiger partial charge in [-0.1, -0.05) is 0 Å². The molecule has 1 aromatic rings. The van der Waals surface area contributed by atoms with Gasteiger partial charge in [-0.05, 0) is 0 Å². The Balaban J connectivity index is 3.01.